The van der Waals surface area contributed by atoms with E-state index in [2.05, 4.69) is 5.32 Å². The first-order valence-corrected chi connectivity index (χ1v) is 7.13. The number of rotatable bonds is 5. The third-order valence-corrected chi connectivity index (χ3v) is 3.35. The number of ketones is 1. The molecule has 0 aliphatic heterocycles. The quantitative estimate of drug-likeness (QED) is 0.667. The number of nitrogens with zero attached hydrogens (tertiary/aromatic N) is 2. The number of nitriles is 2. The van der Waals surface area contributed by atoms with Crippen LogP contribution in [0.3, 0.4) is 0 Å². The second-order valence-corrected chi connectivity index (χ2v) is 4.89. The molecule has 1 atom stereocenters. The molecule has 25 heavy (non-hydrogen) atoms. The maximum Gasteiger partial charge on any atom is 0.245 e. The fraction of sp³-hybridized carbons (Fsp3) is 0.111. The van der Waals surface area contributed by atoms with E-state index in [1.54, 1.807) is 12.1 Å². The van der Waals surface area contributed by atoms with Gasteiger partial charge in [0, 0.05) is 12.6 Å². The van der Waals surface area contributed by atoms with Crippen molar-refractivity contribution >= 4 is 11.7 Å². The number of halogens is 1. The molecular formula is C18H12FN3O3. The highest BCUT2D eigenvalue weighted by Gasteiger charge is 2.26. The molecule has 0 fully saturated rings. The highest BCUT2D eigenvalue weighted by molar-refractivity contribution is 6.12. The lowest BCUT2D eigenvalue weighted by Gasteiger charge is -2.09. The number of amides is 1. The summed E-state index contributed by atoms with van der Waals surface area (Å²) in [5, 5.41) is 20.2. The Balaban J connectivity index is 2.23. The Morgan fingerprint density at radius 2 is 1.84 bits per heavy atom. The summed E-state index contributed by atoms with van der Waals surface area (Å²) >= 11 is 0. The number of Topliss-reactive ketones (excluding diaryl/α,β-unsaturated/α-hetero) is 1. The Bertz CT molecular complexity index is 895. The van der Waals surface area contributed by atoms with E-state index in [9.17, 15) is 14.0 Å². The van der Waals surface area contributed by atoms with Gasteiger partial charge in [-0.05, 0) is 36.4 Å². The molecule has 0 spiro atoms. The summed E-state index contributed by atoms with van der Waals surface area (Å²) in [5.74, 6) is -3.16. The van der Waals surface area contributed by atoms with E-state index in [0.29, 0.717) is 0 Å². The molecule has 2 rings (SSSR count). The van der Waals surface area contributed by atoms with Gasteiger partial charge >= 0.3 is 0 Å². The van der Waals surface area contributed by atoms with E-state index in [1.807, 2.05) is 0 Å². The molecule has 124 valence electrons. The molecule has 2 aromatic rings. The topological polar surface area (TPSA) is 103 Å². The highest BCUT2D eigenvalue weighted by Crippen LogP contribution is 2.27. The molecule has 1 N–H and O–H groups in total. The van der Waals surface area contributed by atoms with E-state index in [0.717, 1.165) is 6.07 Å². The van der Waals surface area contributed by atoms with Crippen LogP contribution >= 0.6 is 0 Å². The van der Waals surface area contributed by atoms with Gasteiger partial charge in [0.1, 0.15) is 28.9 Å². The van der Waals surface area contributed by atoms with Gasteiger partial charge in [-0.3, -0.25) is 9.59 Å². The van der Waals surface area contributed by atoms with Crippen LogP contribution in [0.15, 0.2) is 42.5 Å². The van der Waals surface area contributed by atoms with Crippen molar-refractivity contribution in [1.29, 1.82) is 10.5 Å². The van der Waals surface area contributed by atoms with Crippen LogP contribution in [0.1, 0.15) is 15.9 Å². The Hall–Kier alpha value is -3.71. The standard InChI is InChI=1S/C18H12FN3O3/c1-22-18(24)14(10-21)17(23)11-5-7-12(8-6-11)25-16-4-2-3-15(19)13(16)9-20/h2-8,14H,1H3,(H,22,24). The monoisotopic (exact) mass is 337 g/mol. The van der Waals surface area contributed by atoms with E-state index in [-0.39, 0.29) is 22.6 Å². The number of hydrogen-bond acceptors (Lipinski definition) is 5. The molecule has 0 saturated carbocycles. The Morgan fingerprint density at radius 1 is 1.16 bits per heavy atom. The van der Waals surface area contributed by atoms with Crippen molar-refractivity contribution in [2.45, 2.75) is 0 Å². The fourth-order valence-electron chi connectivity index (χ4n) is 2.06. The zero-order valence-electron chi connectivity index (χ0n) is 13.1. The molecule has 0 radical (unpaired) electrons. The van der Waals surface area contributed by atoms with Crippen molar-refractivity contribution in [2.24, 2.45) is 5.92 Å². The average Bonchev–Trinajstić information content (AvgIpc) is 2.63. The first-order valence-electron chi connectivity index (χ1n) is 7.13. The SMILES string of the molecule is CNC(=O)C(C#N)C(=O)c1ccc(Oc2cccc(F)c2C#N)cc1. The maximum absolute atomic E-state index is 13.5. The zero-order valence-corrected chi connectivity index (χ0v) is 13.1. The van der Waals surface area contributed by atoms with Crippen LogP contribution in [-0.4, -0.2) is 18.7 Å². The lowest BCUT2D eigenvalue weighted by atomic mass is 9.98. The molecule has 0 heterocycles. The number of benzene rings is 2. The predicted octanol–water partition coefficient (Wildman–Crippen LogP) is 2.56. The minimum absolute atomic E-state index is 0.0434. The number of carbonyl (C=O) groups is 2. The molecular weight excluding hydrogens is 325 g/mol. The van der Waals surface area contributed by atoms with E-state index in [1.165, 1.54) is 43.4 Å². The zero-order chi connectivity index (χ0) is 18.4. The molecule has 0 aliphatic carbocycles. The highest BCUT2D eigenvalue weighted by atomic mass is 19.1. The van der Waals surface area contributed by atoms with Gasteiger partial charge in [0.2, 0.25) is 5.91 Å². The van der Waals surface area contributed by atoms with Gasteiger partial charge in [-0.25, -0.2) is 4.39 Å². The van der Waals surface area contributed by atoms with Gasteiger partial charge in [-0.2, -0.15) is 10.5 Å². The summed E-state index contributed by atoms with van der Waals surface area (Å²) in [5.41, 5.74) is -0.0749. The van der Waals surface area contributed by atoms with Crippen LogP contribution < -0.4 is 10.1 Å². The third kappa shape index (κ3) is 3.80. The molecule has 0 aromatic heterocycles. The van der Waals surface area contributed by atoms with Gasteiger partial charge in [0.25, 0.3) is 0 Å². The summed E-state index contributed by atoms with van der Waals surface area (Å²) in [6, 6.07) is 13.0. The second-order valence-electron chi connectivity index (χ2n) is 4.89. The van der Waals surface area contributed by atoms with Crippen molar-refractivity contribution in [3.05, 3.63) is 59.4 Å². The second kappa shape index (κ2) is 7.71. The largest absolute Gasteiger partial charge is 0.456 e. The number of carbonyl (C=O) groups excluding carboxylic acids is 2. The van der Waals surface area contributed by atoms with Gasteiger partial charge in [0.05, 0.1) is 6.07 Å². The van der Waals surface area contributed by atoms with Gasteiger partial charge in [-0.15, -0.1) is 0 Å². The van der Waals surface area contributed by atoms with E-state index < -0.39 is 23.4 Å². The summed E-state index contributed by atoms with van der Waals surface area (Å²) in [7, 11) is 1.34. The lowest BCUT2D eigenvalue weighted by molar-refractivity contribution is -0.121. The Kier molecular flexibility index (Phi) is 5.44. The molecule has 2 aromatic carbocycles. The van der Waals surface area contributed by atoms with Gasteiger partial charge in [-0.1, -0.05) is 6.07 Å². The molecule has 0 bridgehead atoms. The van der Waals surface area contributed by atoms with Crippen LogP contribution in [0.4, 0.5) is 4.39 Å². The van der Waals surface area contributed by atoms with Crippen molar-refractivity contribution in [3.8, 4) is 23.6 Å². The van der Waals surface area contributed by atoms with Gasteiger partial charge < -0.3 is 10.1 Å². The molecule has 1 amide bonds. The minimum Gasteiger partial charge on any atom is -0.456 e. The average molecular weight is 337 g/mol. The molecule has 6 nitrogen and oxygen atoms in total. The van der Waals surface area contributed by atoms with Crippen molar-refractivity contribution in [3.63, 3.8) is 0 Å². The Labute approximate surface area is 143 Å². The smallest absolute Gasteiger partial charge is 0.245 e. The lowest BCUT2D eigenvalue weighted by Crippen LogP contribution is -2.32. The summed E-state index contributed by atoms with van der Waals surface area (Å²) < 4.78 is 19.0. The normalized spacial score (nSPS) is 10.9. The molecule has 7 heteroatoms. The van der Waals surface area contributed by atoms with Crippen LogP contribution in [0.5, 0.6) is 11.5 Å². The van der Waals surface area contributed by atoms with Gasteiger partial charge in [0.15, 0.2) is 11.7 Å². The summed E-state index contributed by atoms with van der Waals surface area (Å²) in [6.45, 7) is 0. The summed E-state index contributed by atoms with van der Waals surface area (Å²) in [4.78, 5) is 23.7. The van der Waals surface area contributed by atoms with E-state index >= 15 is 0 Å². The predicted molar refractivity (Wildman–Crippen MR) is 85.1 cm³/mol. The number of hydrogen-bond donors (Lipinski definition) is 1. The number of nitrogens with one attached hydrogen (secondary N) is 1. The first-order chi connectivity index (χ1) is 12.0. The van der Waals surface area contributed by atoms with Crippen LogP contribution in [-0.2, 0) is 4.79 Å². The van der Waals surface area contributed by atoms with Crippen LogP contribution in [0.25, 0.3) is 0 Å². The van der Waals surface area contributed by atoms with Crippen molar-refractivity contribution in [1.82, 2.24) is 5.32 Å². The van der Waals surface area contributed by atoms with Crippen molar-refractivity contribution < 1.29 is 18.7 Å². The van der Waals surface area contributed by atoms with Crippen LogP contribution in [0, 0.1) is 34.4 Å². The van der Waals surface area contributed by atoms with Crippen molar-refractivity contribution in [2.75, 3.05) is 7.05 Å². The molecule has 0 aliphatic rings. The third-order valence-electron chi connectivity index (χ3n) is 3.35. The fourth-order valence-corrected chi connectivity index (χ4v) is 2.06. The molecule has 1 unspecified atom stereocenters. The molecule has 0 saturated heterocycles. The maximum atomic E-state index is 13.5. The minimum atomic E-state index is -1.44. The van der Waals surface area contributed by atoms with Crippen LogP contribution in [0.2, 0.25) is 0 Å². The Morgan fingerprint density at radius 3 is 2.40 bits per heavy atom. The number of ether oxygens (including phenoxy) is 1. The van der Waals surface area contributed by atoms with E-state index in [4.69, 9.17) is 15.3 Å². The summed E-state index contributed by atoms with van der Waals surface area (Å²) in [6.07, 6.45) is 0. The first kappa shape index (κ1) is 17.6.